The standard InChI is InChI=1S/C14H23N3O/c1-18-14-13(6-4-8-16-14)12-15-7-5-11-17-9-2-3-10-17/h4,6,8,15H,2-3,5,7,9-12H2,1H3. The molecule has 0 unspecified atom stereocenters. The van der Waals surface area contributed by atoms with Gasteiger partial charge in [0.15, 0.2) is 0 Å². The summed E-state index contributed by atoms with van der Waals surface area (Å²) in [5.41, 5.74) is 1.13. The van der Waals surface area contributed by atoms with Crippen molar-refractivity contribution < 1.29 is 4.74 Å². The number of rotatable bonds is 7. The molecule has 1 aromatic rings. The number of methoxy groups -OCH3 is 1. The number of nitrogens with zero attached hydrogens (tertiary/aromatic N) is 2. The molecule has 1 fully saturated rings. The highest BCUT2D eigenvalue weighted by Gasteiger charge is 2.10. The van der Waals surface area contributed by atoms with Crippen molar-refractivity contribution in [1.29, 1.82) is 0 Å². The van der Waals surface area contributed by atoms with Crippen molar-refractivity contribution in [3.8, 4) is 5.88 Å². The molecule has 0 aromatic carbocycles. The first kappa shape index (κ1) is 13.3. The molecule has 0 atom stereocenters. The van der Waals surface area contributed by atoms with Crippen molar-refractivity contribution in [3.05, 3.63) is 23.9 Å². The molecule has 2 heterocycles. The van der Waals surface area contributed by atoms with Gasteiger partial charge in [-0.1, -0.05) is 6.07 Å². The van der Waals surface area contributed by atoms with Gasteiger partial charge < -0.3 is 15.0 Å². The summed E-state index contributed by atoms with van der Waals surface area (Å²) in [6, 6.07) is 4.00. The van der Waals surface area contributed by atoms with Gasteiger partial charge in [-0.25, -0.2) is 4.98 Å². The summed E-state index contributed by atoms with van der Waals surface area (Å²) < 4.78 is 5.22. The molecule has 18 heavy (non-hydrogen) atoms. The Morgan fingerprint density at radius 1 is 1.39 bits per heavy atom. The molecule has 0 spiro atoms. The molecule has 4 heteroatoms. The predicted octanol–water partition coefficient (Wildman–Crippen LogP) is 1.67. The molecule has 100 valence electrons. The number of pyridine rings is 1. The van der Waals surface area contributed by atoms with Gasteiger partial charge in [0.1, 0.15) is 0 Å². The Balaban J connectivity index is 1.62. The highest BCUT2D eigenvalue weighted by molar-refractivity contribution is 5.24. The minimum absolute atomic E-state index is 0.726. The van der Waals surface area contributed by atoms with E-state index in [2.05, 4.69) is 21.3 Å². The maximum atomic E-state index is 5.22. The van der Waals surface area contributed by atoms with E-state index in [4.69, 9.17) is 4.74 Å². The molecule has 1 aliphatic heterocycles. The van der Waals surface area contributed by atoms with Crippen molar-refractivity contribution >= 4 is 0 Å². The van der Waals surface area contributed by atoms with Crippen molar-refractivity contribution in [2.75, 3.05) is 33.3 Å². The van der Waals surface area contributed by atoms with E-state index in [-0.39, 0.29) is 0 Å². The molecule has 1 N–H and O–H groups in total. The minimum Gasteiger partial charge on any atom is -0.481 e. The van der Waals surface area contributed by atoms with E-state index in [1.165, 1.54) is 38.9 Å². The van der Waals surface area contributed by atoms with Crippen molar-refractivity contribution in [2.45, 2.75) is 25.8 Å². The van der Waals surface area contributed by atoms with Gasteiger partial charge in [-0.3, -0.25) is 0 Å². The van der Waals surface area contributed by atoms with Gasteiger partial charge in [-0.05, 0) is 51.5 Å². The van der Waals surface area contributed by atoms with Crippen molar-refractivity contribution in [3.63, 3.8) is 0 Å². The fourth-order valence-electron chi connectivity index (χ4n) is 2.40. The lowest BCUT2D eigenvalue weighted by Crippen LogP contribution is -2.24. The number of nitrogens with one attached hydrogen (secondary N) is 1. The molecule has 0 saturated carbocycles. The molecule has 1 saturated heterocycles. The average molecular weight is 249 g/mol. The van der Waals surface area contributed by atoms with Crippen LogP contribution in [0.25, 0.3) is 0 Å². The number of hydrogen-bond acceptors (Lipinski definition) is 4. The summed E-state index contributed by atoms with van der Waals surface area (Å²) in [4.78, 5) is 6.74. The fourth-order valence-corrected chi connectivity index (χ4v) is 2.40. The Labute approximate surface area is 109 Å². The molecule has 4 nitrogen and oxygen atoms in total. The second-order valence-corrected chi connectivity index (χ2v) is 4.75. The highest BCUT2D eigenvalue weighted by atomic mass is 16.5. The van der Waals surface area contributed by atoms with Gasteiger partial charge >= 0.3 is 0 Å². The fraction of sp³-hybridized carbons (Fsp3) is 0.643. The smallest absolute Gasteiger partial charge is 0.217 e. The van der Waals surface area contributed by atoms with E-state index in [1.54, 1.807) is 13.3 Å². The van der Waals surface area contributed by atoms with Crippen LogP contribution in [0.5, 0.6) is 5.88 Å². The van der Waals surface area contributed by atoms with Gasteiger partial charge in [0, 0.05) is 18.3 Å². The minimum atomic E-state index is 0.726. The van der Waals surface area contributed by atoms with E-state index in [0.29, 0.717) is 0 Å². The van der Waals surface area contributed by atoms with Crippen LogP contribution in [0.1, 0.15) is 24.8 Å². The van der Waals surface area contributed by atoms with Crippen LogP contribution in [-0.4, -0.2) is 43.2 Å². The van der Waals surface area contributed by atoms with Gasteiger partial charge in [0.2, 0.25) is 5.88 Å². The zero-order chi connectivity index (χ0) is 12.6. The van der Waals surface area contributed by atoms with E-state index < -0.39 is 0 Å². The van der Waals surface area contributed by atoms with Crippen molar-refractivity contribution in [1.82, 2.24) is 15.2 Å². The van der Waals surface area contributed by atoms with Crippen LogP contribution >= 0.6 is 0 Å². The summed E-state index contributed by atoms with van der Waals surface area (Å²) >= 11 is 0. The molecule has 0 amide bonds. The van der Waals surface area contributed by atoms with Crippen LogP contribution in [0.3, 0.4) is 0 Å². The predicted molar refractivity (Wildman–Crippen MR) is 72.8 cm³/mol. The SMILES string of the molecule is COc1ncccc1CNCCCN1CCCC1. The second kappa shape index (κ2) is 7.34. The Hall–Kier alpha value is -1.13. The second-order valence-electron chi connectivity index (χ2n) is 4.75. The molecule has 2 rings (SSSR count). The highest BCUT2D eigenvalue weighted by Crippen LogP contribution is 2.12. The number of hydrogen-bond donors (Lipinski definition) is 1. The molecule has 1 aliphatic rings. The van der Waals surface area contributed by atoms with Crippen LogP contribution in [0.4, 0.5) is 0 Å². The quantitative estimate of drug-likeness (QED) is 0.746. The first-order chi connectivity index (χ1) is 8.90. The summed E-state index contributed by atoms with van der Waals surface area (Å²) in [6.45, 7) is 5.68. The van der Waals surface area contributed by atoms with Gasteiger partial charge in [-0.15, -0.1) is 0 Å². The zero-order valence-corrected chi connectivity index (χ0v) is 11.2. The molecule has 0 radical (unpaired) electrons. The Morgan fingerprint density at radius 3 is 3.00 bits per heavy atom. The lowest BCUT2D eigenvalue weighted by atomic mass is 10.2. The van der Waals surface area contributed by atoms with Gasteiger partial charge in [0.25, 0.3) is 0 Å². The Bertz CT molecular complexity index is 351. The van der Waals surface area contributed by atoms with E-state index in [0.717, 1.165) is 24.5 Å². The van der Waals surface area contributed by atoms with E-state index >= 15 is 0 Å². The number of aromatic nitrogens is 1. The lowest BCUT2D eigenvalue weighted by Gasteiger charge is -2.14. The van der Waals surface area contributed by atoms with Gasteiger partial charge in [0.05, 0.1) is 7.11 Å². The van der Waals surface area contributed by atoms with Crippen LogP contribution in [0.2, 0.25) is 0 Å². The van der Waals surface area contributed by atoms with Crippen LogP contribution < -0.4 is 10.1 Å². The Morgan fingerprint density at radius 2 is 2.22 bits per heavy atom. The molecular formula is C14H23N3O. The largest absolute Gasteiger partial charge is 0.481 e. The number of likely N-dealkylation sites (tertiary alicyclic amines) is 1. The number of ether oxygens (including phenoxy) is 1. The van der Waals surface area contributed by atoms with Crippen LogP contribution in [0.15, 0.2) is 18.3 Å². The van der Waals surface area contributed by atoms with Crippen molar-refractivity contribution in [2.24, 2.45) is 0 Å². The van der Waals surface area contributed by atoms with Gasteiger partial charge in [-0.2, -0.15) is 0 Å². The van der Waals surface area contributed by atoms with E-state index in [9.17, 15) is 0 Å². The van der Waals surface area contributed by atoms with Crippen LogP contribution in [-0.2, 0) is 6.54 Å². The summed E-state index contributed by atoms with van der Waals surface area (Å²) in [5.74, 6) is 0.726. The third-order valence-corrected chi connectivity index (χ3v) is 3.39. The zero-order valence-electron chi connectivity index (χ0n) is 11.2. The van der Waals surface area contributed by atoms with E-state index in [1.807, 2.05) is 6.07 Å². The lowest BCUT2D eigenvalue weighted by molar-refractivity contribution is 0.330. The average Bonchev–Trinajstić information content (AvgIpc) is 2.92. The first-order valence-corrected chi connectivity index (χ1v) is 6.81. The Kier molecular flexibility index (Phi) is 5.42. The maximum Gasteiger partial charge on any atom is 0.217 e. The maximum absolute atomic E-state index is 5.22. The third kappa shape index (κ3) is 3.96. The monoisotopic (exact) mass is 249 g/mol. The molecular weight excluding hydrogens is 226 g/mol. The third-order valence-electron chi connectivity index (χ3n) is 3.39. The first-order valence-electron chi connectivity index (χ1n) is 6.81. The summed E-state index contributed by atoms with van der Waals surface area (Å²) in [5, 5.41) is 3.45. The molecule has 1 aromatic heterocycles. The van der Waals surface area contributed by atoms with Crippen LogP contribution in [0, 0.1) is 0 Å². The normalized spacial score (nSPS) is 16.1. The topological polar surface area (TPSA) is 37.4 Å². The molecule has 0 aliphatic carbocycles. The summed E-state index contributed by atoms with van der Waals surface area (Å²) in [7, 11) is 1.67. The summed E-state index contributed by atoms with van der Waals surface area (Å²) in [6.07, 6.45) is 5.72. The molecule has 0 bridgehead atoms.